The number of nitrogen functional groups attached to an aromatic ring is 1. The largest absolute Gasteiger partial charge is 0.398 e. The molecule has 1 heterocycles. The lowest BCUT2D eigenvalue weighted by atomic mass is 10.0. The van der Waals surface area contributed by atoms with Gasteiger partial charge in [0.2, 0.25) is 0 Å². The average Bonchev–Trinajstić information content (AvgIpc) is 2.67. The van der Waals surface area contributed by atoms with Gasteiger partial charge in [-0.25, -0.2) is 0 Å². The lowest BCUT2D eigenvalue weighted by molar-refractivity contribution is 0.0599. The molecule has 1 aromatic carbocycles. The van der Waals surface area contributed by atoms with Gasteiger partial charge in [0.25, 0.3) is 5.91 Å². The van der Waals surface area contributed by atoms with Gasteiger partial charge in [-0.2, -0.15) is 0 Å². The van der Waals surface area contributed by atoms with Crippen molar-refractivity contribution >= 4 is 11.6 Å². The van der Waals surface area contributed by atoms with Gasteiger partial charge in [0.1, 0.15) is 0 Å². The van der Waals surface area contributed by atoms with E-state index in [2.05, 4.69) is 0 Å². The molecule has 0 aromatic heterocycles. The van der Waals surface area contributed by atoms with Crippen LogP contribution in [-0.4, -0.2) is 35.1 Å². The van der Waals surface area contributed by atoms with E-state index in [1.54, 1.807) is 6.07 Å². The van der Waals surface area contributed by atoms with Gasteiger partial charge in [-0.05, 0) is 43.9 Å². The van der Waals surface area contributed by atoms with E-state index in [0.29, 0.717) is 11.3 Å². The number of benzene rings is 1. The van der Waals surface area contributed by atoms with Crippen LogP contribution < -0.4 is 5.73 Å². The molecular weight excluding hydrogens is 252 g/mol. The monoisotopic (exact) mass is 276 g/mol. The highest BCUT2D eigenvalue weighted by atomic mass is 16.3. The van der Waals surface area contributed by atoms with Crippen molar-refractivity contribution in [2.24, 2.45) is 0 Å². The second-order valence-corrected chi connectivity index (χ2v) is 5.71. The Kier molecular flexibility index (Phi) is 4.65. The van der Waals surface area contributed by atoms with E-state index in [1.807, 2.05) is 24.8 Å². The quantitative estimate of drug-likeness (QED) is 0.814. The van der Waals surface area contributed by atoms with Gasteiger partial charge >= 0.3 is 0 Å². The van der Waals surface area contributed by atoms with Gasteiger partial charge in [-0.15, -0.1) is 0 Å². The maximum Gasteiger partial charge on any atom is 0.254 e. The molecule has 0 aliphatic carbocycles. The second-order valence-electron chi connectivity index (χ2n) is 5.71. The van der Waals surface area contributed by atoms with Crippen LogP contribution in [0.3, 0.4) is 0 Å². The topological polar surface area (TPSA) is 66.6 Å². The minimum atomic E-state index is -0.0630. The Labute approximate surface area is 120 Å². The molecule has 2 rings (SSSR count). The van der Waals surface area contributed by atoms with E-state index in [-0.39, 0.29) is 18.6 Å². The number of carbonyl (C=O) groups excluding carboxylic acids is 1. The molecule has 1 atom stereocenters. The fourth-order valence-electron chi connectivity index (χ4n) is 2.89. The number of carbonyl (C=O) groups is 1. The summed E-state index contributed by atoms with van der Waals surface area (Å²) in [5.74, 6) is -0.00449. The summed E-state index contributed by atoms with van der Waals surface area (Å²) in [4.78, 5) is 14.6. The van der Waals surface area contributed by atoms with E-state index in [9.17, 15) is 9.90 Å². The lowest BCUT2D eigenvalue weighted by Crippen LogP contribution is -2.42. The molecule has 1 saturated heterocycles. The minimum absolute atomic E-state index is 0.00449. The van der Waals surface area contributed by atoms with Crippen LogP contribution >= 0.6 is 0 Å². The Morgan fingerprint density at radius 2 is 2.05 bits per heavy atom. The highest BCUT2D eigenvalue weighted by molar-refractivity contribution is 5.97. The number of anilines is 1. The van der Waals surface area contributed by atoms with E-state index in [0.717, 1.165) is 43.4 Å². The number of aliphatic hydroxyl groups is 1. The van der Waals surface area contributed by atoms with Gasteiger partial charge in [0.15, 0.2) is 0 Å². The second kappa shape index (κ2) is 6.27. The number of amides is 1. The number of likely N-dealkylation sites (tertiary alicyclic amines) is 1. The van der Waals surface area contributed by atoms with E-state index >= 15 is 0 Å². The molecule has 110 valence electrons. The first-order valence-corrected chi connectivity index (χ1v) is 7.33. The summed E-state index contributed by atoms with van der Waals surface area (Å²) in [5.41, 5.74) is 9.18. The Balaban J connectivity index is 2.31. The first kappa shape index (κ1) is 14.9. The average molecular weight is 276 g/mol. The van der Waals surface area contributed by atoms with Crippen LogP contribution in [0.25, 0.3) is 0 Å². The molecular formula is C16H24N2O2. The third-order valence-electron chi connectivity index (χ3n) is 4.19. The van der Waals surface area contributed by atoms with Crippen LogP contribution in [0, 0.1) is 13.8 Å². The molecule has 0 saturated carbocycles. The molecule has 1 aliphatic heterocycles. The zero-order chi connectivity index (χ0) is 14.7. The van der Waals surface area contributed by atoms with Gasteiger partial charge in [-0.3, -0.25) is 4.79 Å². The Morgan fingerprint density at radius 1 is 1.30 bits per heavy atom. The van der Waals surface area contributed by atoms with Gasteiger partial charge in [-0.1, -0.05) is 18.9 Å². The first-order valence-electron chi connectivity index (χ1n) is 7.33. The Bertz CT molecular complexity index is 499. The molecule has 1 fully saturated rings. The van der Waals surface area contributed by atoms with Gasteiger partial charge in [0.05, 0.1) is 12.6 Å². The van der Waals surface area contributed by atoms with Crippen molar-refractivity contribution < 1.29 is 9.90 Å². The van der Waals surface area contributed by atoms with Gasteiger partial charge < -0.3 is 15.7 Å². The van der Waals surface area contributed by atoms with Crippen LogP contribution in [0.5, 0.6) is 0 Å². The normalized spacial score (nSPS) is 19.8. The van der Waals surface area contributed by atoms with Crippen molar-refractivity contribution in [2.45, 2.75) is 45.6 Å². The fourth-order valence-corrected chi connectivity index (χ4v) is 2.89. The summed E-state index contributed by atoms with van der Waals surface area (Å²) in [7, 11) is 0. The molecule has 1 unspecified atom stereocenters. The van der Waals surface area contributed by atoms with Crippen molar-refractivity contribution in [1.82, 2.24) is 4.90 Å². The smallest absolute Gasteiger partial charge is 0.254 e. The summed E-state index contributed by atoms with van der Waals surface area (Å²) in [6.07, 6.45) is 4.07. The highest BCUT2D eigenvalue weighted by Gasteiger charge is 2.26. The van der Waals surface area contributed by atoms with E-state index < -0.39 is 0 Å². The maximum atomic E-state index is 12.8. The maximum absolute atomic E-state index is 12.8. The number of rotatable bonds is 2. The number of aryl methyl sites for hydroxylation is 2. The number of hydrogen-bond donors (Lipinski definition) is 2. The Morgan fingerprint density at radius 3 is 2.75 bits per heavy atom. The predicted octanol–water partition coefficient (Wildman–Crippen LogP) is 2.26. The number of aliphatic hydroxyl groups excluding tert-OH is 1. The van der Waals surface area contributed by atoms with Crippen LogP contribution in [0.15, 0.2) is 12.1 Å². The van der Waals surface area contributed by atoms with Crippen LogP contribution in [-0.2, 0) is 0 Å². The minimum Gasteiger partial charge on any atom is -0.398 e. The standard InChI is InChI=1S/C16H24N2O2/c1-11-8-12(2)15(17)9-14(11)16(20)18-7-5-3-4-6-13(18)10-19/h8-9,13,19H,3-7,10,17H2,1-2H3. The molecule has 0 spiro atoms. The molecule has 20 heavy (non-hydrogen) atoms. The van der Waals surface area contributed by atoms with Crippen molar-refractivity contribution in [2.75, 3.05) is 18.9 Å². The third-order valence-corrected chi connectivity index (χ3v) is 4.19. The van der Waals surface area contributed by atoms with Crippen molar-refractivity contribution in [3.63, 3.8) is 0 Å². The van der Waals surface area contributed by atoms with Crippen molar-refractivity contribution in [1.29, 1.82) is 0 Å². The Hall–Kier alpha value is -1.55. The predicted molar refractivity (Wildman–Crippen MR) is 80.7 cm³/mol. The summed E-state index contributed by atoms with van der Waals surface area (Å²) < 4.78 is 0. The van der Waals surface area contributed by atoms with Crippen LogP contribution in [0.2, 0.25) is 0 Å². The number of nitrogens with zero attached hydrogens (tertiary/aromatic N) is 1. The molecule has 1 amide bonds. The van der Waals surface area contributed by atoms with Gasteiger partial charge in [0, 0.05) is 17.8 Å². The molecule has 4 nitrogen and oxygen atoms in total. The highest BCUT2D eigenvalue weighted by Crippen LogP contribution is 2.23. The molecule has 1 aliphatic rings. The van der Waals surface area contributed by atoms with Crippen LogP contribution in [0.4, 0.5) is 5.69 Å². The summed E-state index contributed by atoms with van der Waals surface area (Å²) in [6, 6.07) is 3.66. The molecule has 3 N–H and O–H groups in total. The van der Waals surface area contributed by atoms with E-state index in [1.165, 1.54) is 0 Å². The fraction of sp³-hybridized carbons (Fsp3) is 0.562. The van der Waals surface area contributed by atoms with Crippen molar-refractivity contribution in [3.8, 4) is 0 Å². The van der Waals surface area contributed by atoms with Crippen LogP contribution in [0.1, 0.15) is 47.2 Å². The zero-order valence-corrected chi connectivity index (χ0v) is 12.4. The molecule has 1 aromatic rings. The van der Waals surface area contributed by atoms with Crippen molar-refractivity contribution in [3.05, 3.63) is 28.8 Å². The first-order chi connectivity index (χ1) is 9.54. The number of hydrogen-bond acceptors (Lipinski definition) is 3. The summed E-state index contributed by atoms with van der Waals surface area (Å²) in [5, 5.41) is 9.53. The number of nitrogens with two attached hydrogens (primary N) is 1. The molecule has 4 heteroatoms. The summed E-state index contributed by atoms with van der Waals surface area (Å²) >= 11 is 0. The molecule has 0 radical (unpaired) electrons. The zero-order valence-electron chi connectivity index (χ0n) is 12.4. The SMILES string of the molecule is Cc1cc(C)c(C(=O)N2CCCCCC2CO)cc1N. The molecule has 0 bridgehead atoms. The lowest BCUT2D eigenvalue weighted by Gasteiger charge is -2.29. The summed E-state index contributed by atoms with van der Waals surface area (Å²) in [6.45, 7) is 4.63. The third kappa shape index (κ3) is 2.96. The van der Waals surface area contributed by atoms with E-state index in [4.69, 9.17) is 5.73 Å².